The fourth-order valence-corrected chi connectivity index (χ4v) is 10.6. The number of aryl methyl sites for hydroxylation is 6. The Morgan fingerprint density at radius 2 is 0.677 bits per heavy atom. The van der Waals surface area contributed by atoms with Gasteiger partial charge in [-0.25, -0.2) is 0 Å². The van der Waals surface area contributed by atoms with Crippen LogP contribution in [0.2, 0.25) is 0 Å². The lowest BCUT2D eigenvalue weighted by Crippen LogP contribution is -2.17. The van der Waals surface area contributed by atoms with E-state index in [1.807, 2.05) is 0 Å². The zero-order valence-corrected chi connectivity index (χ0v) is 38.9. The number of benzene rings is 9. The molecule has 0 fully saturated rings. The van der Waals surface area contributed by atoms with Crippen LogP contribution in [0.4, 0.5) is 34.1 Å². The molecule has 10 rings (SSSR count). The lowest BCUT2D eigenvalue weighted by atomic mass is 9.81. The van der Waals surface area contributed by atoms with Crippen molar-refractivity contribution < 1.29 is 0 Å². The topological polar surface area (TPSA) is 6.48 Å². The van der Waals surface area contributed by atoms with Crippen molar-refractivity contribution in [3.8, 4) is 44.5 Å². The highest BCUT2D eigenvalue weighted by atomic mass is 15.2. The Bertz CT molecular complexity index is 3000. The van der Waals surface area contributed by atoms with Crippen LogP contribution in [0.1, 0.15) is 58.4 Å². The van der Waals surface area contributed by atoms with E-state index in [9.17, 15) is 0 Å². The molecule has 0 heterocycles. The van der Waals surface area contributed by atoms with Crippen LogP contribution in [0.25, 0.3) is 44.5 Å². The molecule has 0 radical (unpaired) electrons. The highest BCUT2D eigenvalue weighted by Gasteiger charge is 2.35. The summed E-state index contributed by atoms with van der Waals surface area (Å²) < 4.78 is 0. The van der Waals surface area contributed by atoms with Crippen molar-refractivity contribution >= 4 is 34.1 Å². The van der Waals surface area contributed by atoms with Gasteiger partial charge in [-0.05, 0) is 168 Å². The molecule has 0 aromatic heterocycles. The second-order valence-electron chi connectivity index (χ2n) is 18.7. The summed E-state index contributed by atoms with van der Waals surface area (Å²) in [5.74, 6) is 0. The third-order valence-corrected chi connectivity index (χ3v) is 13.5. The van der Waals surface area contributed by atoms with Crippen LogP contribution in [0.5, 0.6) is 0 Å². The van der Waals surface area contributed by atoms with Gasteiger partial charge in [0.1, 0.15) is 0 Å². The van der Waals surface area contributed by atoms with E-state index >= 15 is 0 Å². The Balaban J connectivity index is 1.24. The minimum atomic E-state index is -0.131. The van der Waals surface area contributed by atoms with Gasteiger partial charge in [-0.15, -0.1) is 0 Å². The molecular weight excluding hydrogens is 785 g/mol. The van der Waals surface area contributed by atoms with E-state index in [0.29, 0.717) is 0 Å². The van der Waals surface area contributed by atoms with Gasteiger partial charge in [0.2, 0.25) is 0 Å². The van der Waals surface area contributed by atoms with Gasteiger partial charge in [-0.1, -0.05) is 171 Å². The first-order valence-electron chi connectivity index (χ1n) is 22.9. The van der Waals surface area contributed by atoms with Crippen LogP contribution >= 0.6 is 0 Å². The molecule has 0 atom stereocenters. The summed E-state index contributed by atoms with van der Waals surface area (Å²) >= 11 is 0. The van der Waals surface area contributed by atoms with Crippen molar-refractivity contribution in [1.29, 1.82) is 0 Å². The Morgan fingerprint density at radius 3 is 1.14 bits per heavy atom. The largest absolute Gasteiger partial charge is 0.310 e. The first kappa shape index (κ1) is 41.6. The van der Waals surface area contributed by atoms with Gasteiger partial charge in [-0.2, -0.15) is 0 Å². The first-order valence-corrected chi connectivity index (χ1v) is 22.9. The lowest BCUT2D eigenvalue weighted by Gasteiger charge is -2.33. The van der Waals surface area contributed by atoms with Crippen LogP contribution in [-0.4, -0.2) is 0 Å². The Hall–Kier alpha value is -7.42. The molecule has 9 aromatic rings. The van der Waals surface area contributed by atoms with Gasteiger partial charge in [-0.3, -0.25) is 0 Å². The standard InChI is InChI=1S/C63H56N2/c1-41-33-43(3)61(44(4)34-41)64(53-28-23-49(24-29-53)47-17-11-9-12-18-47)55-37-52(51-27-32-58-57-21-15-16-22-59(57)63(7,8)60(58)39-51)38-56(40-55)65(62-45(5)35-42(2)36-46(62)6)54-30-25-50(26-31-54)48-19-13-10-14-20-48/h9-40H,1-8H3. The average Bonchev–Trinajstić information content (AvgIpc) is 3.54. The van der Waals surface area contributed by atoms with Gasteiger partial charge in [0.25, 0.3) is 0 Å². The zero-order chi connectivity index (χ0) is 45.0. The van der Waals surface area contributed by atoms with Crippen molar-refractivity contribution in [3.63, 3.8) is 0 Å². The quantitative estimate of drug-likeness (QED) is 0.143. The smallest absolute Gasteiger partial charge is 0.0520 e. The third-order valence-electron chi connectivity index (χ3n) is 13.5. The SMILES string of the molecule is Cc1cc(C)c(N(c2ccc(-c3ccccc3)cc2)c2cc(-c3ccc4c(c3)C(C)(C)c3ccccc3-4)cc(N(c3ccc(-c4ccccc4)cc3)c3c(C)cc(C)cc3C)c2)c(C)c1. The molecule has 0 saturated heterocycles. The molecule has 9 aromatic carbocycles. The van der Waals surface area contributed by atoms with Crippen molar-refractivity contribution in [2.24, 2.45) is 0 Å². The molecule has 318 valence electrons. The minimum Gasteiger partial charge on any atom is -0.310 e. The molecule has 2 heteroatoms. The fourth-order valence-electron chi connectivity index (χ4n) is 10.6. The fraction of sp³-hybridized carbons (Fsp3) is 0.143. The molecule has 1 aliphatic rings. The van der Waals surface area contributed by atoms with Gasteiger partial charge in [0, 0.05) is 28.2 Å². The molecule has 0 aliphatic heterocycles. The molecule has 0 unspecified atom stereocenters. The summed E-state index contributed by atoms with van der Waals surface area (Å²) in [6, 6.07) is 72.1. The summed E-state index contributed by atoms with van der Waals surface area (Å²) in [7, 11) is 0. The van der Waals surface area contributed by atoms with Crippen molar-refractivity contribution in [1.82, 2.24) is 0 Å². The summed E-state index contributed by atoms with van der Waals surface area (Å²) in [5, 5.41) is 0. The summed E-state index contributed by atoms with van der Waals surface area (Å²) in [6.45, 7) is 18.2. The molecule has 0 amide bonds. The second-order valence-corrected chi connectivity index (χ2v) is 18.7. The van der Waals surface area contributed by atoms with Crippen LogP contribution in [0, 0.1) is 41.5 Å². The number of hydrogen-bond donors (Lipinski definition) is 0. The van der Waals surface area contributed by atoms with Gasteiger partial charge < -0.3 is 9.80 Å². The number of fused-ring (bicyclic) bond motifs is 3. The Morgan fingerprint density at radius 1 is 0.292 bits per heavy atom. The predicted molar refractivity (Wildman–Crippen MR) is 278 cm³/mol. The monoisotopic (exact) mass is 840 g/mol. The molecule has 65 heavy (non-hydrogen) atoms. The summed E-state index contributed by atoms with van der Waals surface area (Å²) in [6.07, 6.45) is 0. The van der Waals surface area contributed by atoms with E-state index in [0.717, 1.165) is 28.3 Å². The lowest BCUT2D eigenvalue weighted by molar-refractivity contribution is 0.660. The molecule has 0 N–H and O–H groups in total. The van der Waals surface area contributed by atoms with E-state index in [-0.39, 0.29) is 5.41 Å². The first-order chi connectivity index (χ1) is 31.4. The molecule has 0 spiro atoms. The number of hydrogen-bond acceptors (Lipinski definition) is 2. The summed E-state index contributed by atoms with van der Waals surface area (Å²) in [4.78, 5) is 4.98. The average molecular weight is 841 g/mol. The minimum absolute atomic E-state index is 0.131. The van der Waals surface area contributed by atoms with E-state index in [2.05, 4.69) is 259 Å². The molecular formula is C63H56N2. The third kappa shape index (κ3) is 7.64. The number of rotatable bonds is 9. The maximum Gasteiger partial charge on any atom is 0.0520 e. The Kier molecular flexibility index (Phi) is 10.6. The van der Waals surface area contributed by atoms with Crippen LogP contribution in [0.15, 0.2) is 194 Å². The van der Waals surface area contributed by atoms with E-state index < -0.39 is 0 Å². The van der Waals surface area contributed by atoms with Crippen molar-refractivity contribution in [3.05, 3.63) is 239 Å². The second kappa shape index (κ2) is 16.6. The molecule has 0 saturated carbocycles. The highest BCUT2D eigenvalue weighted by Crippen LogP contribution is 2.51. The number of nitrogens with zero attached hydrogens (tertiary/aromatic N) is 2. The molecule has 2 nitrogen and oxygen atoms in total. The number of anilines is 6. The van der Waals surface area contributed by atoms with Gasteiger partial charge >= 0.3 is 0 Å². The van der Waals surface area contributed by atoms with Gasteiger partial charge in [0.05, 0.1) is 11.4 Å². The van der Waals surface area contributed by atoms with Crippen molar-refractivity contribution in [2.75, 3.05) is 9.80 Å². The van der Waals surface area contributed by atoms with E-state index in [1.54, 1.807) is 0 Å². The van der Waals surface area contributed by atoms with Crippen LogP contribution < -0.4 is 9.80 Å². The Labute approximate surface area is 386 Å². The maximum absolute atomic E-state index is 2.49. The normalized spacial score (nSPS) is 12.4. The van der Waals surface area contributed by atoms with Gasteiger partial charge in [0.15, 0.2) is 0 Å². The van der Waals surface area contributed by atoms with E-state index in [4.69, 9.17) is 0 Å². The van der Waals surface area contributed by atoms with E-state index in [1.165, 1.54) is 94.8 Å². The molecule has 1 aliphatic carbocycles. The van der Waals surface area contributed by atoms with Crippen LogP contribution in [0.3, 0.4) is 0 Å². The van der Waals surface area contributed by atoms with Crippen LogP contribution in [-0.2, 0) is 5.41 Å². The zero-order valence-electron chi connectivity index (χ0n) is 38.9. The predicted octanol–water partition coefficient (Wildman–Crippen LogP) is 17.8. The summed E-state index contributed by atoms with van der Waals surface area (Å²) in [5.41, 5.74) is 26.7. The van der Waals surface area contributed by atoms with Crippen molar-refractivity contribution in [2.45, 2.75) is 60.8 Å². The molecule has 0 bridgehead atoms. The highest BCUT2D eigenvalue weighted by molar-refractivity contribution is 5.92. The maximum atomic E-state index is 2.49.